The lowest BCUT2D eigenvalue weighted by molar-refractivity contribution is -0.252. The molecule has 1 aromatic heterocycles. The summed E-state index contributed by atoms with van der Waals surface area (Å²) < 4.78 is 17.7. The number of aromatic nitrogens is 2. The van der Waals surface area contributed by atoms with Gasteiger partial charge in [0.25, 0.3) is 0 Å². The Kier molecular flexibility index (Phi) is 4.97. The van der Waals surface area contributed by atoms with E-state index in [-0.39, 0.29) is 12.7 Å². The molecular formula is C19H22N2O5. The van der Waals surface area contributed by atoms with E-state index in [9.17, 15) is 5.11 Å². The summed E-state index contributed by atoms with van der Waals surface area (Å²) in [7, 11) is 0. The van der Waals surface area contributed by atoms with E-state index < -0.39 is 24.6 Å². The number of fused-ring (bicyclic) bond motifs is 1. The summed E-state index contributed by atoms with van der Waals surface area (Å²) >= 11 is 0. The summed E-state index contributed by atoms with van der Waals surface area (Å²) in [6.07, 6.45) is -0.425. The van der Waals surface area contributed by atoms with Crippen molar-refractivity contribution in [2.75, 3.05) is 6.61 Å². The molecule has 138 valence electrons. The first kappa shape index (κ1) is 17.5. The van der Waals surface area contributed by atoms with Gasteiger partial charge in [-0.3, -0.25) is 0 Å². The molecule has 2 aromatic rings. The molecule has 0 aliphatic carbocycles. The normalized spacial score (nSPS) is 31.0. The van der Waals surface area contributed by atoms with E-state index in [2.05, 4.69) is 9.97 Å². The van der Waals surface area contributed by atoms with Gasteiger partial charge in [-0.15, -0.1) is 0 Å². The summed E-state index contributed by atoms with van der Waals surface area (Å²) in [5, 5.41) is 19.8. The molecule has 1 aromatic carbocycles. The fourth-order valence-corrected chi connectivity index (χ4v) is 3.43. The maximum absolute atomic E-state index is 10.7. The van der Waals surface area contributed by atoms with Gasteiger partial charge in [0.1, 0.15) is 24.6 Å². The van der Waals surface area contributed by atoms with Crippen LogP contribution in [-0.2, 0) is 27.2 Å². The molecule has 0 saturated carbocycles. The van der Waals surface area contributed by atoms with Crippen LogP contribution in [0.4, 0.5) is 0 Å². The monoisotopic (exact) mass is 358 g/mol. The second kappa shape index (κ2) is 7.38. The van der Waals surface area contributed by atoms with Gasteiger partial charge in [0, 0.05) is 23.4 Å². The topological polar surface area (TPSA) is 93.9 Å². The predicted molar refractivity (Wildman–Crippen MR) is 91.1 cm³/mol. The molecule has 7 nitrogen and oxygen atoms in total. The summed E-state index contributed by atoms with van der Waals surface area (Å²) in [6.45, 7) is 2.25. The first-order valence-electron chi connectivity index (χ1n) is 8.72. The van der Waals surface area contributed by atoms with Crippen LogP contribution in [0, 0.1) is 6.92 Å². The van der Waals surface area contributed by atoms with Gasteiger partial charge in [0.15, 0.2) is 6.29 Å². The molecule has 0 bridgehead atoms. The van der Waals surface area contributed by atoms with Crippen LogP contribution in [0.3, 0.4) is 0 Å². The second-order valence-corrected chi connectivity index (χ2v) is 6.72. The zero-order valence-electron chi connectivity index (χ0n) is 14.5. The molecule has 2 saturated heterocycles. The van der Waals surface area contributed by atoms with Gasteiger partial charge >= 0.3 is 0 Å². The maximum atomic E-state index is 10.7. The third-order valence-corrected chi connectivity index (χ3v) is 4.83. The zero-order valence-corrected chi connectivity index (χ0v) is 14.5. The van der Waals surface area contributed by atoms with Crippen molar-refractivity contribution in [3.63, 3.8) is 0 Å². The van der Waals surface area contributed by atoms with Crippen LogP contribution in [0.2, 0.25) is 0 Å². The van der Waals surface area contributed by atoms with Crippen LogP contribution in [0.5, 0.6) is 0 Å². The minimum absolute atomic E-state index is 0.00584. The van der Waals surface area contributed by atoms with Gasteiger partial charge in [-0.25, -0.2) is 9.97 Å². The van der Waals surface area contributed by atoms with Crippen molar-refractivity contribution in [3.8, 4) is 0 Å². The van der Waals surface area contributed by atoms with Crippen LogP contribution in [-0.4, -0.2) is 51.2 Å². The van der Waals surface area contributed by atoms with Crippen LogP contribution < -0.4 is 0 Å². The van der Waals surface area contributed by atoms with E-state index in [1.807, 2.05) is 37.3 Å². The first-order valence-corrected chi connectivity index (χ1v) is 8.72. The van der Waals surface area contributed by atoms with E-state index in [4.69, 9.17) is 19.3 Å². The van der Waals surface area contributed by atoms with Crippen LogP contribution >= 0.6 is 0 Å². The van der Waals surface area contributed by atoms with Crippen molar-refractivity contribution in [2.45, 2.75) is 50.7 Å². The molecule has 2 aliphatic heterocycles. The van der Waals surface area contributed by atoms with E-state index in [1.54, 1.807) is 0 Å². The Hall–Kier alpha value is -1.90. The molecule has 1 unspecified atom stereocenters. The number of hydrogen-bond acceptors (Lipinski definition) is 7. The molecule has 3 heterocycles. The van der Waals surface area contributed by atoms with Gasteiger partial charge in [-0.05, 0) is 18.6 Å². The average Bonchev–Trinajstić information content (AvgIpc) is 2.97. The molecule has 2 N–H and O–H groups in total. The summed E-state index contributed by atoms with van der Waals surface area (Å²) in [4.78, 5) is 8.33. The zero-order chi connectivity index (χ0) is 18.1. The number of hydrogen-bond donors (Lipinski definition) is 2. The number of aliphatic hydroxyl groups excluding tert-OH is 2. The molecular weight excluding hydrogens is 336 g/mol. The Morgan fingerprint density at radius 1 is 1.15 bits per heavy atom. The summed E-state index contributed by atoms with van der Waals surface area (Å²) in [5.41, 5.74) is 3.39. The first-order chi connectivity index (χ1) is 12.6. The van der Waals surface area contributed by atoms with Gasteiger partial charge < -0.3 is 24.4 Å². The maximum Gasteiger partial charge on any atom is 0.184 e. The SMILES string of the molecule is Cc1cc(C[C@@H]2O[C@H]3COC(c4ccc(CO)cc4)O[C@H]3[C@H]2O)ncn1. The molecule has 0 amide bonds. The Morgan fingerprint density at radius 3 is 2.69 bits per heavy atom. The van der Waals surface area contributed by atoms with Crippen molar-refractivity contribution in [2.24, 2.45) is 0 Å². The Morgan fingerprint density at radius 2 is 1.96 bits per heavy atom. The molecule has 0 radical (unpaired) electrons. The van der Waals surface area contributed by atoms with Crippen LogP contribution in [0.15, 0.2) is 36.7 Å². The van der Waals surface area contributed by atoms with Crippen LogP contribution in [0.25, 0.3) is 0 Å². The molecule has 2 aliphatic rings. The molecule has 5 atom stereocenters. The fraction of sp³-hybridized carbons (Fsp3) is 0.474. The third kappa shape index (κ3) is 3.49. The van der Waals surface area contributed by atoms with E-state index in [1.165, 1.54) is 6.33 Å². The van der Waals surface area contributed by atoms with E-state index in [0.717, 1.165) is 22.5 Å². The highest BCUT2D eigenvalue weighted by atomic mass is 16.7. The van der Waals surface area contributed by atoms with Crippen molar-refractivity contribution >= 4 is 0 Å². The van der Waals surface area contributed by atoms with Crippen molar-refractivity contribution < 1.29 is 24.4 Å². The summed E-state index contributed by atoms with van der Waals surface area (Å²) in [5.74, 6) is 0. The second-order valence-electron chi connectivity index (χ2n) is 6.72. The minimum atomic E-state index is -0.751. The minimum Gasteiger partial charge on any atom is -0.392 e. The lowest BCUT2D eigenvalue weighted by Crippen LogP contribution is -2.43. The van der Waals surface area contributed by atoms with Crippen LogP contribution in [0.1, 0.15) is 28.8 Å². The Balaban J connectivity index is 1.43. The average molecular weight is 358 g/mol. The predicted octanol–water partition coefficient (Wildman–Crippen LogP) is 1.06. The smallest absolute Gasteiger partial charge is 0.184 e. The van der Waals surface area contributed by atoms with Gasteiger partial charge in [0.2, 0.25) is 0 Å². The highest BCUT2D eigenvalue weighted by Gasteiger charge is 2.48. The Labute approximate surface area is 151 Å². The Bertz CT molecular complexity index is 754. The quantitative estimate of drug-likeness (QED) is 0.844. The molecule has 7 heteroatoms. The number of rotatable bonds is 4. The van der Waals surface area contributed by atoms with Crippen molar-refractivity contribution in [1.29, 1.82) is 0 Å². The third-order valence-electron chi connectivity index (χ3n) is 4.83. The van der Waals surface area contributed by atoms with Gasteiger partial charge in [-0.2, -0.15) is 0 Å². The lowest BCUT2D eigenvalue weighted by Gasteiger charge is -2.32. The fourth-order valence-electron chi connectivity index (χ4n) is 3.43. The van der Waals surface area contributed by atoms with Gasteiger partial charge in [-0.1, -0.05) is 24.3 Å². The molecule has 2 fully saturated rings. The highest BCUT2D eigenvalue weighted by molar-refractivity contribution is 5.23. The number of ether oxygens (including phenoxy) is 3. The summed E-state index contributed by atoms with van der Waals surface area (Å²) in [6, 6.07) is 9.27. The van der Waals surface area contributed by atoms with Crippen molar-refractivity contribution in [1.82, 2.24) is 9.97 Å². The lowest BCUT2D eigenvalue weighted by atomic mass is 10.0. The van der Waals surface area contributed by atoms with E-state index in [0.29, 0.717) is 13.0 Å². The number of aryl methyl sites for hydroxylation is 1. The standard InChI is InChI=1S/C19H22N2O5/c1-11-6-14(21-10-20-11)7-15-17(23)18-16(25-15)9-24-19(26-18)13-4-2-12(8-22)3-5-13/h2-6,10,15-19,22-23H,7-9H2,1H3/t15-,16-,17-,18+,19?/m0/s1. The number of benzene rings is 1. The number of aliphatic hydroxyl groups is 2. The molecule has 0 spiro atoms. The number of nitrogens with zero attached hydrogens (tertiary/aromatic N) is 2. The van der Waals surface area contributed by atoms with Gasteiger partial charge in [0.05, 0.1) is 19.3 Å². The van der Waals surface area contributed by atoms with E-state index >= 15 is 0 Å². The molecule has 26 heavy (non-hydrogen) atoms. The highest BCUT2D eigenvalue weighted by Crippen LogP contribution is 2.35. The largest absolute Gasteiger partial charge is 0.392 e. The molecule has 4 rings (SSSR count). The van der Waals surface area contributed by atoms with Crippen molar-refractivity contribution in [3.05, 3.63) is 59.2 Å².